The third-order valence-corrected chi connectivity index (χ3v) is 6.78. The first-order valence-corrected chi connectivity index (χ1v) is 11.7. The second kappa shape index (κ2) is 9.53. The molecule has 0 N–H and O–H groups in total. The minimum atomic E-state index is -0.0986. The van der Waals surface area contributed by atoms with Crippen LogP contribution in [-0.4, -0.2) is 36.4 Å². The lowest BCUT2D eigenvalue weighted by Crippen LogP contribution is -2.37. The number of rotatable bonds is 7. The molecule has 2 heterocycles. The Morgan fingerprint density at radius 2 is 1.88 bits per heavy atom. The Balaban J connectivity index is 1.49. The van der Waals surface area contributed by atoms with Crippen molar-refractivity contribution in [3.8, 4) is 11.5 Å². The maximum Gasteiger partial charge on any atom is 0.231 e. The van der Waals surface area contributed by atoms with E-state index in [4.69, 9.17) is 14.2 Å². The molecule has 0 saturated carbocycles. The molecule has 172 valence electrons. The number of amides is 1. The van der Waals surface area contributed by atoms with Crippen molar-refractivity contribution in [2.75, 3.05) is 19.9 Å². The molecule has 4 rings (SSSR count). The quantitative estimate of drug-likeness (QED) is 0.578. The van der Waals surface area contributed by atoms with E-state index in [0.29, 0.717) is 18.4 Å². The van der Waals surface area contributed by atoms with Gasteiger partial charge < -0.3 is 19.1 Å². The molecule has 0 aromatic heterocycles. The first kappa shape index (κ1) is 22.7. The van der Waals surface area contributed by atoms with Crippen LogP contribution in [0.1, 0.15) is 62.6 Å². The molecule has 2 atom stereocenters. The van der Waals surface area contributed by atoms with E-state index < -0.39 is 0 Å². The van der Waals surface area contributed by atoms with Crippen molar-refractivity contribution < 1.29 is 19.0 Å². The molecule has 5 nitrogen and oxygen atoms in total. The molecule has 2 aromatic rings. The second-order valence-electron chi connectivity index (χ2n) is 9.80. The van der Waals surface area contributed by atoms with Crippen molar-refractivity contribution in [2.24, 2.45) is 5.92 Å². The highest BCUT2D eigenvalue weighted by Gasteiger charge is 2.34. The number of fused-ring (bicyclic) bond motifs is 1. The summed E-state index contributed by atoms with van der Waals surface area (Å²) in [4.78, 5) is 14.5. The summed E-state index contributed by atoms with van der Waals surface area (Å²) in [6.07, 6.45) is 3.03. The summed E-state index contributed by atoms with van der Waals surface area (Å²) in [6, 6.07) is 14.8. The van der Waals surface area contributed by atoms with Gasteiger partial charge in [0, 0.05) is 26.6 Å². The van der Waals surface area contributed by atoms with Crippen molar-refractivity contribution >= 4 is 5.91 Å². The lowest BCUT2D eigenvalue weighted by Gasteiger charge is -2.40. The molecule has 2 aromatic carbocycles. The van der Waals surface area contributed by atoms with Crippen LogP contribution in [0.4, 0.5) is 0 Å². The monoisotopic (exact) mass is 437 g/mol. The fraction of sp³-hybridized carbons (Fsp3) is 0.519. The lowest BCUT2D eigenvalue weighted by molar-refractivity contribution is -0.129. The van der Waals surface area contributed by atoms with Gasteiger partial charge in [-0.1, -0.05) is 35.9 Å². The van der Waals surface area contributed by atoms with E-state index in [2.05, 4.69) is 45.0 Å². The predicted octanol–water partition coefficient (Wildman–Crippen LogP) is 5.45. The van der Waals surface area contributed by atoms with Crippen LogP contribution in [0, 0.1) is 12.8 Å². The van der Waals surface area contributed by atoms with Gasteiger partial charge in [-0.25, -0.2) is 0 Å². The molecule has 0 radical (unpaired) electrons. The zero-order valence-electron chi connectivity index (χ0n) is 19.7. The highest BCUT2D eigenvalue weighted by molar-refractivity contribution is 5.73. The van der Waals surface area contributed by atoms with E-state index in [1.54, 1.807) is 6.92 Å². The summed E-state index contributed by atoms with van der Waals surface area (Å²) in [7, 11) is 0. The standard InChI is InChI=1S/C27H35NO4/c1-19-5-8-22(9-6-19)24(23-12-14-32-27(3,4)16-23)11-13-28(20(2)29)17-21-7-10-25-26(15-21)31-18-30-25/h5-10,15,23-24H,11-14,16-18H2,1-4H3/t23-,24-/m0/s1. The number of aryl methyl sites for hydroxylation is 1. The summed E-state index contributed by atoms with van der Waals surface area (Å²) in [5.74, 6) is 2.56. The third-order valence-electron chi connectivity index (χ3n) is 6.78. The Bertz CT molecular complexity index is 937. The fourth-order valence-electron chi connectivity index (χ4n) is 5.01. The van der Waals surface area contributed by atoms with Crippen molar-refractivity contribution in [2.45, 2.75) is 65.0 Å². The van der Waals surface area contributed by atoms with Crippen LogP contribution in [0.2, 0.25) is 0 Å². The zero-order valence-corrected chi connectivity index (χ0v) is 19.7. The van der Waals surface area contributed by atoms with E-state index in [1.165, 1.54) is 11.1 Å². The highest BCUT2D eigenvalue weighted by Crippen LogP contribution is 2.40. The van der Waals surface area contributed by atoms with Crippen LogP contribution in [0.15, 0.2) is 42.5 Å². The number of benzene rings is 2. The molecular weight excluding hydrogens is 402 g/mol. The van der Waals surface area contributed by atoms with Crippen LogP contribution < -0.4 is 9.47 Å². The predicted molar refractivity (Wildman–Crippen MR) is 125 cm³/mol. The Hall–Kier alpha value is -2.53. The molecule has 1 fully saturated rings. The van der Waals surface area contributed by atoms with Gasteiger partial charge in [0.15, 0.2) is 11.5 Å². The summed E-state index contributed by atoms with van der Waals surface area (Å²) >= 11 is 0. The summed E-state index contributed by atoms with van der Waals surface area (Å²) in [6.45, 7) is 10.5. The van der Waals surface area contributed by atoms with Gasteiger partial charge in [0.25, 0.3) is 0 Å². The van der Waals surface area contributed by atoms with E-state index in [9.17, 15) is 4.79 Å². The lowest BCUT2D eigenvalue weighted by atomic mass is 9.75. The maximum absolute atomic E-state index is 12.5. The van der Waals surface area contributed by atoms with E-state index >= 15 is 0 Å². The van der Waals surface area contributed by atoms with Gasteiger partial charge in [-0.2, -0.15) is 0 Å². The van der Waals surface area contributed by atoms with Crippen LogP contribution in [0.25, 0.3) is 0 Å². The van der Waals surface area contributed by atoms with E-state index in [0.717, 1.165) is 49.5 Å². The van der Waals surface area contributed by atoms with Crippen molar-refractivity contribution in [1.82, 2.24) is 4.90 Å². The maximum atomic E-state index is 12.5. The Labute approximate surface area is 191 Å². The molecule has 5 heteroatoms. The molecule has 32 heavy (non-hydrogen) atoms. The molecule has 0 unspecified atom stereocenters. The van der Waals surface area contributed by atoms with Crippen LogP contribution >= 0.6 is 0 Å². The van der Waals surface area contributed by atoms with Crippen molar-refractivity contribution in [3.05, 3.63) is 59.2 Å². The van der Waals surface area contributed by atoms with Gasteiger partial charge in [-0.15, -0.1) is 0 Å². The molecule has 0 spiro atoms. The molecule has 0 bridgehead atoms. The molecule has 1 saturated heterocycles. The Morgan fingerprint density at radius 1 is 1.12 bits per heavy atom. The number of ether oxygens (including phenoxy) is 3. The topological polar surface area (TPSA) is 48.0 Å². The van der Waals surface area contributed by atoms with E-state index in [-0.39, 0.29) is 18.3 Å². The van der Waals surface area contributed by atoms with Gasteiger partial charge >= 0.3 is 0 Å². The largest absolute Gasteiger partial charge is 0.454 e. The minimum absolute atomic E-state index is 0.0950. The molecular formula is C27H35NO4. The summed E-state index contributed by atoms with van der Waals surface area (Å²) in [5.41, 5.74) is 3.60. The van der Waals surface area contributed by atoms with Crippen molar-refractivity contribution in [1.29, 1.82) is 0 Å². The smallest absolute Gasteiger partial charge is 0.231 e. The first-order valence-electron chi connectivity index (χ1n) is 11.7. The highest BCUT2D eigenvalue weighted by atomic mass is 16.7. The first-order chi connectivity index (χ1) is 15.3. The minimum Gasteiger partial charge on any atom is -0.454 e. The van der Waals surface area contributed by atoms with Gasteiger partial charge in [-0.3, -0.25) is 4.79 Å². The molecule has 1 amide bonds. The average Bonchev–Trinajstić information content (AvgIpc) is 3.21. The van der Waals surface area contributed by atoms with Gasteiger partial charge in [-0.05, 0) is 75.1 Å². The molecule has 2 aliphatic heterocycles. The second-order valence-corrected chi connectivity index (χ2v) is 9.80. The Morgan fingerprint density at radius 3 is 2.59 bits per heavy atom. The average molecular weight is 438 g/mol. The SMILES string of the molecule is CC(=O)N(CC[C@@H](c1ccc(C)cc1)[C@H]1CCOC(C)(C)C1)Cc1ccc2c(c1)OCO2. The number of nitrogens with zero attached hydrogens (tertiary/aromatic N) is 1. The number of carbonyl (C=O) groups is 1. The molecule has 0 aliphatic carbocycles. The third kappa shape index (κ3) is 5.44. The van der Waals surface area contributed by atoms with Gasteiger partial charge in [0.05, 0.1) is 5.60 Å². The number of hydrogen-bond donors (Lipinski definition) is 0. The van der Waals surface area contributed by atoms with Crippen LogP contribution in [-0.2, 0) is 16.1 Å². The van der Waals surface area contributed by atoms with Crippen LogP contribution in [0.5, 0.6) is 11.5 Å². The summed E-state index contributed by atoms with van der Waals surface area (Å²) < 4.78 is 16.9. The van der Waals surface area contributed by atoms with Crippen LogP contribution in [0.3, 0.4) is 0 Å². The van der Waals surface area contributed by atoms with Gasteiger partial charge in [0.2, 0.25) is 12.7 Å². The number of hydrogen-bond acceptors (Lipinski definition) is 4. The van der Waals surface area contributed by atoms with E-state index in [1.807, 2.05) is 23.1 Å². The molecule has 2 aliphatic rings. The normalized spacial score (nSPS) is 20.1. The zero-order chi connectivity index (χ0) is 22.7. The summed E-state index contributed by atoms with van der Waals surface area (Å²) in [5, 5.41) is 0. The fourth-order valence-corrected chi connectivity index (χ4v) is 5.01. The number of carbonyl (C=O) groups excluding carboxylic acids is 1. The van der Waals surface area contributed by atoms with Crippen molar-refractivity contribution in [3.63, 3.8) is 0 Å². The Kier molecular flexibility index (Phi) is 6.75. The van der Waals surface area contributed by atoms with Gasteiger partial charge in [0.1, 0.15) is 0 Å².